The Morgan fingerprint density at radius 3 is 2.14 bits per heavy atom. The number of ketones is 1. The summed E-state index contributed by atoms with van der Waals surface area (Å²) < 4.78 is 0. The topological polar surface area (TPSA) is 49.3 Å². The summed E-state index contributed by atoms with van der Waals surface area (Å²) in [4.78, 5) is 11.6. The molecule has 0 unspecified atom stereocenters. The number of carbonyl (C=O) groups excluding carboxylic acids is 1. The zero-order valence-corrected chi connectivity index (χ0v) is 14.4. The van der Waals surface area contributed by atoms with Gasteiger partial charge in [-0.25, -0.2) is 0 Å². The van der Waals surface area contributed by atoms with Gasteiger partial charge in [0.15, 0.2) is 5.78 Å². The van der Waals surface area contributed by atoms with Crippen molar-refractivity contribution >= 4 is 5.78 Å². The Balaban J connectivity index is 3.02. The van der Waals surface area contributed by atoms with Crippen molar-refractivity contribution in [1.82, 2.24) is 5.32 Å². The normalized spacial score (nSPS) is 14.9. The van der Waals surface area contributed by atoms with E-state index in [0.29, 0.717) is 6.54 Å². The molecule has 0 bridgehead atoms. The lowest BCUT2D eigenvalue weighted by Gasteiger charge is -2.27. The Kier molecular flexibility index (Phi) is 5.35. The van der Waals surface area contributed by atoms with Gasteiger partial charge in [0.25, 0.3) is 0 Å². The minimum absolute atomic E-state index is 0.0503. The van der Waals surface area contributed by atoms with Gasteiger partial charge in [-0.2, -0.15) is 0 Å². The molecule has 21 heavy (non-hydrogen) atoms. The quantitative estimate of drug-likeness (QED) is 0.876. The Labute approximate surface area is 128 Å². The lowest BCUT2D eigenvalue weighted by Crippen LogP contribution is -2.51. The summed E-state index contributed by atoms with van der Waals surface area (Å²) in [7, 11) is 0. The van der Waals surface area contributed by atoms with Crippen LogP contribution in [0.3, 0.4) is 0 Å². The molecule has 0 saturated carbocycles. The van der Waals surface area contributed by atoms with E-state index < -0.39 is 5.54 Å². The smallest absolute Gasteiger partial charge is 0.151 e. The number of aryl methyl sites for hydroxylation is 2. The van der Waals surface area contributed by atoms with Crippen LogP contribution in [0, 0.1) is 13.8 Å². The molecule has 0 aliphatic heterocycles. The second kappa shape index (κ2) is 6.29. The zero-order valence-electron chi connectivity index (χ0n) is 14.4. The number of hydrogen-bond donors (Lipinski definition) is 2. The molecule has 3 nitrogen and oxygen atoms in total. The maximum atomic E-state index is 11.6. The van der Waals surface area contributed by atoms with Gasteiger partial charge in [-0.3, -0.25) is 10.1 Å². The van der Waals surface area contributed by atoms with E-state index in [0.717, 1.165) is 0 Å². The number of aliphatic hydroxyl groups excluding tert-OH is 1. The number of carbonyl (C=O) groups is 1. The molecule has 0 spiro atoms. The predicted molar refractivity (Wildman–Crippen MR) is 87.6 cm³/mol. The maximum absolute atomic E-state index is 11.6. The highest BCUT2D eigenvalue weighted by Gasteiger charge is 2.28. The van der Waals surface area contributed by atoms with E-state index >= 15 is 0 Å². The molecule has 3 heteroatoms. The SMILES string of the molecule is CC(=O)[C@](C)(CO)NCc1cc(C)c(C(C)(C)C)cc1C. The van der Waals surface area contributed by atoms with Crippen LogP contribution in [0.25, 0.3) is 0 Å². The average Bonchev–Trinajstić information content (AvgIpc) is 2.37. The van der Waals surface area contributed by atoms with Crippen LogP contribution < -0.4 is 5.32 Å². The van der Waals surface area contributed by atoms with E-state index in [1.807, 2.05) is 0 Å². The molecule has 1 aromatic rings. The van der Waals surface area contributed by atoms with Crippen LogP contribution in [0.4, 0.5) is 0 Å². The molecule has 0 radical (unpaired) electrons. The Morgan fingerprint density at radius 1 is 1.14 bits per heavy atom. The molecule has 0 saturated heterocycles. The second-order valence-electron chi connectivity index (χ2n) is 7.24. The van der Waals surface area contributed by atoms with Crippen molar-refractivity contribution in [2.24, 2.45) is 0 Å². The molecule has 0 aromatic heterocycles. The first-order valence-electron chi connectivity index (χ1n) is 7.49. The summed E-state index contributed by atoms with van der Waals surface area (Å²) in [5.41, 5.74) is 4.24. The third-order valence-corrected chi connectivity index (χ3v) is 4.25. The fourth-order valence-corrected chi connectivity index (χ4v) is 2.46. The van der Waals surface area contributed by atoms with Crippen molar-refractivity contribution in [2.75, 3.05) is 6.61 Å². The average molecular weight is 291 g/mol. The van der Waals surface area contributed by atoms with Crippen LogP contribution in [0.15, 0.2) is 12.1 Å². The van der Waals surface area contributed by atoms with E-state index in [2.05, 4.69) is 52.1 Å². The molecule has 1 rings (SSSR count). The van der Waals surface area contributed by atoms with E-state index in [1.165, 1.54) is 29.2 Å². The van der Waals surface area contributed by atoms with Gasteiger partial charge in [0.2, 0.25) is 0 Å². The highest BCUT2D eigenvalue weighted by Crippen LogP contribution is 2.28. The highest BCUT2D eigenvalue weighted by atomic mass is 16.3. The van der Waals surface area contributed by atoms with E-state index in [1.54, 1.807) is 6.92 Å². The fourth-order valence-electron chi connectivity index (χ4n) is 2.46. The van der Waals surface area contributed by atoms with E-state index in [9.17, 15) is 9.90 Å². The lowest BCUT2D eigenvalue weighted by molar-refractivity contribution is -0.124. The van der Waals surface area contributed by atoms with Crippen molar-refractivity contribution < 1.29 is 9.90 Å². The van der Waals surface area contributed by atoms with Crippen LogP contribution in [-0.4, -0.2) is 23.0 Å². The minimum Gasteiger partial charge on any atom is -0.394 e. The van der Waals surface area contributed by atoms with Crippen molar-refractivity contribution in [2.45, 2.75) is 66.0 Å². The predicted octanol–water partition coefficient (Wildman–Crippen LogP) is 3.03. The largest absolute Gasteiger partial charge is 0.394 e. The van der Waals surface area contributed by atoms with Crippen molar-refractivity contribution in [3.63, 3.8) is 0 Å². The molecule has 0 heterocycles. The minimum atomic E-state index is -0.872. The molecule has 118 valence electrons. The maximum Gasteiger partial charge on any atom is 0.151 e. The molecule has 0 aliphatic carbocycles. The summed E-state index contributed by atoms with van der Waals surface area (Å²) in [6, 6.07) is 4.41. The van der Waals surface area contributed by atoms with Crippen LogP contribution in [-0.2, 0) is 16.8 Å². The molecule has 0 fully saturated rings. The number of rotatable bonds is 5. The first-order chi connectivity index (χ1) is 9.51. The van der Waals surface area contributed by atoms with Crippen molar-refractivity contribution in [1.29, 1.82) is 0 Å². The van der Waals surface area contributed by atoms with E-state index in [4.69, 9.17) is 0 Å². The van der Waals surface area contributed by atoms with Crippen molar-refractivity contribution in [3.8, 4) is 0 Å². The number of aliphatic hydroxyl groups is 1. The van der Waals surface area contributed by atoms with Crippen LogP contribution in [0.1, 0.15) is 56.9 Å². The Bertz CT molecular complexity index is 529. The number of benzene rings is 1. The van der Waals surface area contributed by atoms with E-state index in [-0.39, 0.29) is 17.8 Å². The summed E-state index contributed by atoms with van der Waals surface area (Å²) in [5.74, 6) is -0.0503. The summed E-state index contributed by atoms with van der Waals surface area (Å²) >= 11 is 0. The first kappa shape index (κ1) is 17.9. The number of hydrogen-bond acceptors (Lipinski definition) is 3. The summed E-state index contributed by atoms with van der Waals surface area (Å²) in [6.07, 6.45) is 0. The second-order valence-corrected chi connectivity index (χ2v) is 7.24. The molecule has 1 atom stereocenters. The first-order valence-corrected chi connectivity index (χ1v) is 7.49. The van der Waals surface area contributed by atoms with Crippen molar-refractivity contribution in [3.05, 3.63) is 34.4 Å². The Morgan fingerprint density at radius 2 is 1.71 bits per heavy atom. The number of nitrogens with one attached hydrogen (secondary N) is 1. The molecular formula is C18H29NO2. The molecule has 0 amide bonds. The van der Waals surface area contributed by atoms with Gasteiger partial charge in [-0.1, -0.05) is 32.9 Å². The molecule has 1 aromatic carbocycles. The van der Waals surface area contributed by atoms with Gasteiger partial charge < -0.3 is 5.11 Å². The van der Waals surface area contributed by atoms with Gasteiger partial charge >= 0.3 is 0 Å². The molecule has 0 aliphatic rings. The van der Waals surface area contributed by atoms with Crippen LogP contribution in [0.5, 0.6) is 0 Å². The van der Waals surface area contributed by atoms with Crippen LogP contribution in [0.2, 0.25) is 0 Å². The lowest BCUT2D eigenvalue weighted by atomic mass is 9.82. The monoisotopic (exact) mass is 291 g/mol. The standard InChI is InChI=1S/C18H29NO2/c1-12-9-16(17(4,5)6)13(2)8-15(12)10-19-18(7,11-20)14(3)21/h8-9,19-20H,10-11H2,1-7H3/t18-/m0/s1. The number of Topliss-reactive ketones (excluding diaryl/α,β-unsaturated/α-hetero) is 1. The van der Waals surface area contributed by atoms with Gasteiger partial charge in [-0.05, 0) is 55.4 Å². The van der Waals surface area contributed by atoms with Gasteiger partial charge in [-0.15, -0.1) is 0 Å². The Hall–Kier alpha value is -1.19. The molecule has 2 N–H and O–H groups in total. The third kappa shape index (κ3) is 4.14. The van der Waals surface area contributed by atoms with Crippen LogP contribution >= 0.6 is 0 Å². The highest BCUT2D eigenvalue weighted by molar-refractivity contribution is 5.85. The zero-order chi connectivity index (χ0) is 16.4. The fraction of sp³-hybridized carbons (Fsp3) is 0.611. The third-order valence-electron chi connectivity index (χ3n) is 4.25. The summed E-state index contributed by atoms with van der Waals surface area (Å²) in [6.45, 7) is 14.5. The summed E-state index contributed by atoms with van der Waals surface area (Å²) in [5, 5.41) is 12.6. The van der Waals surface area contributed by atoms with Gasteiger partial charge in [0.1, 0.15) is 0 Å². The van der Waals surface area contributed by atoms with Gasteiger partial charge in [0.05, 0.1) is 12.1 Å². The van der Waals surface area contributed by atoms with Gasteiger partial charge in [0, 0.05) is 6.54 Å². The molecular weight excluding hydrogens is 262 g/mol.